The molecule has 1 aromatic heterocycles. The highest BCUT2D eigenvalue weighted by Crippen LogP contribution is 2.32. The number of carboxylic acids is 2. The zero-order valence-electron chi connectivity index (χ0n) is 16.3. The molecule has 4 N–H and O–H groups in total. The lowest BCUT2D eigenvalue weighted by Gasteiger charge is -2.11. The molecule has 0 atom stereocenters. The molecule has 0 aliphatic carbocycles. The van der Waals surface area contributed by atoms with Gasteiger partial charge in [0.25, 0.3) is 0 Å². The normalized spacial score (nSPS) is 10.6. The van der Waals surface area contributed by atoms with E-state index in [1.54, 1.807) is 36.4 Å². The molecule has 0 saturated carbocycles. The second-order valence-electron chi connectivity index (χ2n) is 6.75. The Bertz CT molecular complexity index is 1270. The maximum atomic E-state index is 11.5. The standard InChI is InChI=1S/C23H15N3O6/c27-17-7-3-1-5-15(17)20-24-19(25-21(26-20)16-6-2-4-8-18(16)28)12-9-13(22(29)30)11-14(10-12)23(31)32/h1-11,27-28H,(H,29,30)(H,31,32). The Hall–Kier alpha value is -4.79. The van der Waals surface area contributed by atoms with Gasteiger partial charge in [0.15, 0.2) is 17.5 Å². The summed E-state index contributed by atoms with van der Waals surface area (Å²) in [7, 11) is 0. The van der Waals surface area contributed by atoms with E-state index in [2.05, 4.69) is 15.0 Å². The second-order valence-corrected chi connectivity index (χ2v) is 6.75. The molecular weight excluding hydrogens is 414 g/mol. The lowest BCUT2D eigenvalue weighted by Crippen LogP contribution is -2.05. The van der Waals surface area contributed by atoms with Crippen molar-refractivity contribution >= 4 is 11.9 Å². The summed E-state index contributed by atoms with van der Waals surface area (Å²) in [6.45, 7) is 0. The Labute approximate surface area is 180 Å². The Kier molecular flexibility index (Phi) is 5.22. The number of rotatable bonds is 5. The van der Waals surface area contributed by atoms with Gasteiger partial charge in [-0.3, -0.25) is 0 Å². The first kappa shape index (κ1) is 20.5. The van der Waals surface area contributed by atoms with Crippen molar-refractivity contribution in [3.05, 3.63) is 77.9 Å². The van der Waals surface area contributed by atoms with E-state index in [9.17, 15) is 30.0 Å². The average molecular weight is 429 g/mol. The predicted molar refractivity (Wildman–Crippen MR) is 113 cm³/mol. The smallest absolute Gasteiger partial charge is 0.335 e. The molecule has 4 aromatic rings. The van der Waals surface area contributed by atoms with Crippen LogP contribution in [0.2, 0.25) is 0 Å². The van der Waals surface area contributed by atoms with Crippen molar-refractivity contribution in [2.45, 2.75) is 0 Å². The SMILES string of the molecule is O=C(O)c1cc(C(=O)O)cc(-c2nc(-c3ccccc3O)nc(-c3ccccc3O)n2)c1. The Balaban J connectivity index is 2.01. The monoisotopic (exact) mass is 429 g/mol. The molecule has 32 heavy (non-hydrogen) atoms. The third-order valence-corrected chi connectivity index (χ3v) is 4.61. The van der Waals surface area contributed by atoms with Gasteiger partial charge in [-0.15, -0.1) is 0 Å². The number of carboxylic acid groups (broad SMARTS) is 2. The first-order valence-corrected chi connectivity index (χ1v) is 9.28. The average Bonchev–Trinajstić information content (AvgIpc) is 2.79. The summed E-state index contributed by atoms with van der Waals surface area (Å²) in [5.41, 5.74) is 0.168. The van der Waals surface area contributed by atoms with Gasteiger partial charge < -0.3 is 20.4 Å². The van der Waals surface area contributed by atoms with E-state index in [-0.39, 0.29) is 56.8 Å². The summed E-state index contributed by atoms with van der Waals surface area (Å²) >= 11 is 0. The van der Waals surface area contributed by atoms with Crippen LogP contribution in [0, 0.1) is 0 Å². The summed E-state index contributed by atoms with van der Waals surface area (Å²) in [4.78, 5) is 36.1. The van der Waals surface area contributed by atoms with Gasteiger partial charge in [-0.25, -0.2) is 24.5 Å². The van der Waals surface area contributed by atoms with Gasteiger partial charge in [0.05, 0.1) is 22.3 Å². The van der Waals surface area contributed by atoms with Gasteiger partial charge in [-0.2, -0.15) is 0 Å². The van der Waals surface area contributed by atoms with Crippen LogP contribution in [0.4, 0.5) is 0 Å². The highest BCUT2D eigenvalue weighted by atomic mass is 16.4. The van der Waals surface area contributed by atoms with Gasteiger partial charge in [0.2, 0.25) is 0 Å². The van der Waals surface area contributed by atoms with Gasteiger partial charge in [-0.05, 0) is 42.5 Å². The summed E-state index contributed by atoms with van der Waals surface area (Å²) in [5, 5.41) is 39.3. The van der Waals surface area contributed by atoms with E-state index in [0.29, 0.717) is 0 Å². The number of hydrogen-bond donors (Lipinski definition) is 4. The van der Waals surface area contributed by atoms with E-state index >= 15 is 0 Å². The molecule has 3 aromatic carbocycles. The van der Waals surface area contributed by atoms with Crippen molar-refractivity contribution in [3.8, 4) is 45.7 Å². The first-order valence-electron chi connectivity index (χ1n) is 9.28. The molecule has 0 unspecified atom stereocenters. The molecular formula is C23H15N3O6. The van der Waals surface area contributed by atoms with Crippen molar-refractivity contribution in [3.63, 3.8) is 0 Å². The molecule has 0 saturated heterocycles. The molecule has 0 spiro atoms. The quantitative estimate of drug-likeness (QED) is 0.372. The van der Waals surface area contributed by atoms with Crippen molar-refractivity contribution in [2.24, 2.45) is 0 Å². The summed E-state index contributed by atoms with van der Waals surface area (Å²) in [6.07, 6.45) is 0. The molecule has 0 aliphatic rings. The van der Waals surface area contributed by atoms with E-state index < -0.39 is 11.9 Å². The van der Waals surface area contributed by atoms with Crippen molar-refractivity contribution in [2.75, 3.05) is 0 Å². The lowest BCUT2D eigenvalue weighted by atomic mass is 10.0. The topological polar surface area (TPSA) is 154 Å². The van der Waals surface area contributed by atoms with Crippen LogP contribution in [0.1, 0.15) is 20.7 Å². The molecule has 4 rings (SSSR count). The molecule has 9 heteroatoms. The van der Waals surface area contributed by atoms with Crippen molar-refractivity contribution < 1.29 is 30.0 Å². The Morgan fingerprint density at radius 3 is 1.41 bits per heavy atom. The Morgan fingerprint density at radius 2 is 1.00 bits per heavy atom. The molecule has 0 aliphatic heterocycles. The minimum atomic E-state index is -1.31. The fraction of sp³-hybridized carbons (Fsp3) is 0. The second kappa shape index (κ2) is 8.15. The van der Waals surface area contributed by atoms with Gasteiger partial charge in [-0.1, -0.05) is 24.3 Å². The third-order valence-electron chi connectivity index (χ3n) is 4.61. The van der Waals surface area contributed by atoms with Gasteiger partial charge >= 0.3 is 11.9 Å². The Morgan fingerprint density at radius 1 is 0.594 bits per heavy atom. The number of aromatic hydroxyl groups is 2. The van der Waals surface area contributed by atoms with Crippen LogP contribution in [0.5, 0.6) is 11.5 Å². The molecule has 0 bridgehead atoms. The van der Waals surface area contributed by atoms with Crippen molar-refractivity contribution in [1.82, 2.24) is 15.0 Å². The summed E-state index contributed by atoms with van der Waals surface area (Å²) in [6, 6.07) is 16.2. The molecule has 0 amide bonds. The van der Waals surface area contributed by atoms with E-state index in [0.717, 1.165) is 6.07 Å². The van der Waals surface area contributed by atoms with Crippen LogP contribution in [-0.4, -0.2) is 47.3 Å². The molecule has 9 nitrogen and oxygen atoms in total. The van der Waals surface area contributed by atoms with Gasteiger partial charge in [0, 0.05) is 5.56 Å². The number of hydrogen-bond acceptors (Lipinski definition) is 7. The summed E-state index contributed by atoms with van der Waals surface area (Å²) < 4.78 is 0. The molecule has 1 heterocycles. The number of benzene rings is 3. The van der Waals surface area contributed by atoms with Crippen LogP contribution in [0.15, 0.2) is 66.7 Å². The summed E-state index contributed by atoms with van der Waals surface area (Å²) in [5.74, 6) is -2.73. The maximum Gasteiger partial charge on any atom is 0.335 e. The zero-order valence-corrected chi connectivity index (χ0v) is 16.3. The van der Waals surface area contributed by atoms with Crippen LogP contribution in [0.3, 0.4) is 0 Å². The number of aromatic nitrogens is 3. The fourth-order valence-corrected chi connectivity index (χ4v) is 3.08. The maximum absolute atomic E-state index is 11.5. The lowest BCUT2D eigenvalue weighted by molar-refractivity contribution is 0.0696. The highest BCUT2D eigenvalue weighted by molar-refractivity contribution is 5.95. The third kappa shape index (κ3) is 3.94. The van der Waals surface area contributed by atoms with Crippen LogP contribution >= 0.6 is 0 Å². The number of phenols is 2. The van der Waals surface area contributed by atoms with Crippen LogP contribution in [0.25, 0.3) is 34.2 Å². The predicted octanol–water partition coefficient (Wildman–Crippen LogP) is 3.68. The molecule has 158 valence electrons. The fourth-order valence-electron chi connectivity index (χ4n) is 3.08. The number of aromatic carboxylic acids is 2. The zero-order chi connectivity index (χ0) is 22.8. The molecule has 0 fully saturated rings. The molecule has 0 radical (unpaired) electrons. The van der Waals surface area contributed by atoms with Crippen molar-refractivity contribution in [1.29, 1.82) is 0 Å². The largest absolute Gasteiger partial charge is 0.507 e. The number of nitrogens with zero attached hydrogens (tertiary/aromatic N) is 3. The number of para-hydroxylation sites is 2. The minimum absolute atomic E-state index is 0.0258. The first-order chi connectivity index (χ1) is 15.3. The van der Waals surface area contributed by atoms with Crippen LogP contribution < -0.4 is 0 Å². The van der Waals surface area contributed by atoms with Crippen LogP contribution in [-0.2, 0) is 0 Å². The van der Waals surface area contributed by atoms with E-state index in [4.69, 9.17) is 0 Å². The number of phenolic OH excluding ortho intramolecular Hbond substituents is 2. The van der Waals surface area contributed by atoms with E-state index in [1.807, 2.05) is 0 Å². The number of carbonyl (C=O) groups is 2. The highest BCUT2D eigenvalue weighted by Gasteiger charge is 2.18. The minimum Gasteiger partial charge on any atom is -0.507 e. The van der Waals surface area contributed by atoms with Gasteiger partial charge in [0.1, 0.15) is 11.5 Å². The van der Waals surface area contributed by atoms with E-state index in [1.165, 1.54) is 24.3 Å².